The minimum atomic E-state index is 0.569. The van der Waals surface area contributed by atoms with Gasteiger partial charge < -0.3 is 4.74 Å². The van der Waals surface area contributed by atoms with Gasteiger partial charge in [0.05, 0.1) is 12.7 Å². The molecule has 0 saturated carbocycles. The molecule has 1 rings (SSSR count). The molecule has 0 N–H and O–H groups in total. The number of rotatable bonds is 6. The van der Waals surface area contributed by atoms with Crippen LogP contribution >= 0.6 is 11.6 Å². The fourth-order valence-electron chi connectivity index (χ4n) is 1.45. The SMILES string of the molecule is CCCOc1ccc(Cl)cc1CCCC#N. The van der Waals surface area contributed by atoms with Crippen molar-refractivity contribution in [2.75, 3.05) is 6.61 Å². The molecule has 0 fully saturated rings. The molecular weight excluding hydrogens is 222 g/mol. The highest BCUT2D eigenvalue weighted by Gasteiger charge is 2.04. The summed E-state index contributed by atoms with van der Waals surface area (Å²) in [7, 11) is 0. The Morgan fingerprint density at radius 2 is 2.25 bits per heavy atom. The molecule has 0 unspecified atom stereocenters. The molecule has 0 spiro atoms. The molecule has 0 saturated heterocycles. The molecule has 0 aliphatic rings. The summed E-state index contributed by atoms with van der Waals surface area (Å²) < 4.78 is 5.63. The number of hydrogen-bond donors (Lipinski definition) is 0. The monoisotopic (exact) mass is 237 g/mol. The molecule has 3 heteroatoms. The first-order valence-corrected chi connectivity index (χ1v) is 5.94. The molecule has 0 aliphatic carbocycles. The fourth-order valence-corrected chi connectivity index (χ4v) is 1.65. The Bertz CT molecular complexity index is 371. The zero-order valence-corrected chi connectivity index (χ0v) is 10.3. The number of aryl methyl sites for hydroxylation is 1. The lowest BCUT2D eigenvalue weighted by Gasteiger charge is -2.10. The van der Waals surface area contributed by atoms with Gasteiger partial charge in [0.15, 0.2) is 0 Å². The molecule has 0 bridgehead atoms. The predicted octanol–water partition coefficient (Wildman–Crippen LogP) is 3.98. The highest BCUT2D eigenvalue weighted by Crippen LogP contribution is 2.24. The van der Waals surface area contributed by atoms with Crippen molar-refractivity contribution < 1.29 is 4.74 Å². The first-order chi connectivity index (χ1) is 7.77. The van der Waals surface area contributed by atoms with Gasteiger partial charge in [0.2, 0.25) is 0 Å². The third-order valence-electron chi connectivity index (χ3n) is 2.22. The van der Waals surface area contributed by atoms with Gasteiger partial charge in [0.1, 0.15) is 5.75 Å². The van der Waals surface area contributed by atoms with Crippen molar-refractivity contribution in [1.82, 2.24) is 0 Å². The van der Waals surface area contributed by atoms with Crippen molar-refractivity contribution in [3.8, 4) is 11.8 Å². The summed E-state index contributed by atoms with van der Waals surface area (Å²) in [6.07, 6.45) is 3.24. The number of benzene rings is 1. The number of hydrogen-bond acceptors (Lipinski definition) is 2. The smallest absolute Gasteiger partial charge is 0.122 e. The van der Waals surface area contributed by atoms with Gasteiger partial charge in [0, 0.05) is 11.4 Å². The molecule has 86 valence electrons. The van der Waals surface area contributed by atoms with Crippen molar-refractivity contribution in [3.05, 3.63) is 28.8 Å². The number of nitriles is 1. The van der Waals surface area contributed by atoms with E-state index in [4.69, 9.17) is 21.6 Å². The topological polar surface area (TPSA) is 33.0 Å². The zero-order valence-electron chi connectivity index (χ0n) is 9.50. The summed E-state index contributed by atoms with van der Waals surface area (Å²) >= 11 is 5.94. The molecule has 0 amide bonds. The van der Waals surface area contributed by atoms with E-state index in [1.807, 2.05) is 18.2 Å². The van der Waals surface area contributed by atoms with Crippen molar-refractivity contribution in [2.24, 2.45) is 0 Å². The van der Waals surface area contributed by atoms with Crippen LogP contribution in [0, 0.1) is 11.3 Å². The minimum Gasteiger partial charge on any atom is -0.493 e. The molecule has 0 aromatic heterocycles. The van der Waals surface area contributed by atoms with Gasteiger partial charge in [-0.3, -0.25) is 0 Å². The van der Waals surface area contributed by atoms with E-state index >= 15 is 0 Å². The van der Waals surface area contributed by atoms with E-state index in [2.05, 4.69) is 13.0 Å². The Hall–Kier alpha value is -1.20. The van der Waals surface area contributed by atoms with Crippen LogP contribution in [0.1, 0.15) is 31.7 Å². The lowest BCUT2D eigenvalue weighted by atomic mass is 10.1. The second-order valence-electron chi connectivity index (χ2n) is 3.61. The van der Waals surface area contributed by atoms with Crippen molar-refractivity contribution in [1.29, 1.82) is 5.26 Å². The molecule has 0 radical (unpaired) electrons. The summed E-state index contributed by atoms with van der Waals surface area (Å²) in [6, 6.07) is 7.80. The van der Waals surface area contributed by atoms with Crippen LogP contribution in [0.15, 0.2) is 18.2 Å². The second kappa shape index (κ2) is 7.14. The molecule has 0 atom stereocenters. The minimum absolute atomic E-state index is 0.569. The van der Waals surface area contributed by atoms with Gasteiger partial charge in [-0.25, -0.2) is 0 Å². The van der Waals surface area contributed by atoms with Crippen LogP contribution in [0.4, 0.5) is 0 Å². The molecule has 0 heterocycles. The summed E-state index contributed by atoms with van der Waals surface area (Å²) in [4.78, 5) is 0. The van der Waals surface area contributed by atoms with Gasteiger partial charge in [-0.05, 0) is 43.0 Å². The average molecular weight is 238 g/mol. The lowest BCUT2D eigenvalue weighted by molar-refractivity contribution is 0.314. The van der Waals surface area contributed by atoms with E-state index in [0.717, 1.165) is 35.6 Å². The zero-order chi connectivity index (χ0) is 11.8. The van der Waals surface area contributed by atoms with E-state index < -0.39 is 0 Å². The van der Waals surface area contributed by atoms with Gasteiger partial charge in [0.25, 0.3) is 0 Å². The Labute approximate surface area is 102 Å². The maximum Gasteiger partial charge on any atom is 0.122 e. The van der Waals surface area contributed by atoms with Gasteiger partial charge >= 0.3 is 0 Å². The molecule has 0 aliphatic heterocycles. The number of ether oxygens (including phenoxy) is 1. The number of nitrogens with zero attached hydrogens (tertiary/aromatic N) is 1. The summed E-state index contributed by atoms with van der Waals surface area (Å²) in [6.45, 7) is 2.79. The normalized spacial score (nSPS) is 9.81. The Morgan fingerprint density at radius 1 is 1.44 bits per heavy atom. The van der Waals surface area contributed by atoms with Crippen LogP contribution in [0.5, 0.6) is 5.75 Å². The highest BCUT2D eigenvalue weighted by molar-refractivity contribution is 6.30. The summed E-state index contributed by atoms with van der Waals surface area (Å²) in [5, 5.41) is 9.22. The predicted molar refractivity (Wildman–Crippen MR) is 65.8 cm³/mol. The van der Waals surface area contributed by atoms with Crippen molar-refractivity contribution in [2.45, 2.75) is 32.6 Å². The average Bonchev–Trinajstić information content (AvgIpc) is 2.28. The van der Waals surface area contributed by atoms with E-state index in [-0.39, 0.29) is 0 Å². The first-order valence-electron chi connectivity index (χ1n) is 5.56. The van der Waals surface area contributed by atoms with E-state index in [1.165, 1.54) is 0 Å². The molecule has 1 aromatic carbocycles. The first kappa shape index (κ1) is 12.9. The second-order valence-corrected chi connectivity index (χ2v) is 4.05. The quantitative estimate of drug-likeness (QED) is 0.702. The van der Waals surface area contributed by atoms with Crippen LogP contribution in [0.25, 0.3) is 0 Å². The Kier molecular flexibility index (Phi) is 5.74. The van der Waals surface area contributed by atoms with Gasteiger partial charge in [-0.2, -0.15) is 5.26 Å². The number of unbranched alkanes of at least 4 members (excludes halogenated alkanes) is 1. The molecule has 1 aromatic rings. The number of halogens is 1. The third kappa shape index (κ3) is 4.12. The van der Waals surface area contributed by atoms with Gasteiger partial charge in [-0.15, -0.1) is 0 Å². The Balaban J connectivity index is 2.69. The molecule has 2 nitrogen and oxygen atoms in total. The largest absolute Gasteiger partial charge is 0.493 e. The summed E-state index contributed by atoms with van der Waals surface area (Å²) in [5.74, 6) is 0.893. The maximum atomic E-state index is 8.50. The standard InChI is InChI=1S/C13H16ClNO/c1-2-9-16-13-7-6-12(14)10-11(13)5-3-4-8-15/h6-7,10H,2-5,9H2,1H3. The maximum absolute atomic E-state index is 8.50. The van der Waals surface area contributed by atoms with Crippen LogP contribution in [-0.4, -0.2) is 6.61 Å². The van der Waals surface area contributed by atoms with E-state index in [9.17, 15) is 0 Å². The van der Waals surface area contributed by atoms with Crippen LogP contribution < -0.4 is 4.74 Å². The van der Waals surface area contributed by atoms with Gasteiger partial charge in [-0.1, -0.05) is 18.5 Å². The highest BCUT2D eigenvalue weighted by atomic mass is 35.5. The van der Waals surface area contributed by atoms with E-state index in [0.29, 0.717) is 13.0 Å². The lowest BCUT2D eigenvalue weighted by Crippen LogP contribution is -1.99. The van der Waals surface area contributed by atoms with Crippen LogP contribution in [0.2, 0.25) is 5.02 Å². The molecule has 16 heavy (non-hydrogen) atoms. The van der Waals surface area contributed by atoms with Crippen molar-refractivity contribution in [3.63, 3.8) is 0 Å². The van der Waals surface area contributed by atoms with E-state index in [1.54, 1.807) is 0 Å². The summed E-state index contributed by atoms with van der Waals surface area (Å²) in [5.41, 5.74) is 1.09. The Morgan fingerprint density at radius 3 is 2.94 bits per heavy atom. The van der Waals surface area contributed by atoms with Crippen LogP contribution in [0.3, 0.4) is 0 Å². The van der Waals surface area contributed by atoms with Crippen LogP contribution in [-0.2, 0) is 6.42 Å². The van der Waals surface area contributed by atoms with Crippen molar-refractivity contribution >= 4 is 11.6 Å². The third-order valence-corrected chi connectivity index (χ3v) is 2.45. The molecular formula is C13H16ClNO. The fraction of sp³-hybridized carbons (Fsp3) is 0.462.